The lowest BCUT2D eigenvalue weighted by Crippen LogP contribution is -2.27. The minimum absolute atomic E-state index is 0.633. The van der Waals surface area contributed by atoms with E-state index in [0.29, 0.717) is 6.04 Å². The zero-order valence-corrected chi connectivity index (χ0v) is 12.7. The molecule has 0 aliphatic carbocycles. The fourth-order valence-corrected chi connectivity index (χ4v) is 1.81. The summed E-state index contributed by atoms with van der Waals surface area (Å²) in [5.41, 5.74) is 2.17. The summed E-state index contributed by atoms with van der Waals surface area (Å²) in [6.45, 7) is 9.64. The Morgan fingerprint density at radius 3 is 2.47 bits per heavy atom. The van der Waals surface area contributed by atoms with Gasteiger partial charge in [-0.3, -0.25) is 4.98 Å². The van der Waals surface area contributed by atoms with Gasteiger partial charge in [-0.2, -0.15) is 0 Å². The van der Waals surface area contributed by atoms with Gasteiger partial charge in [-0.15, -0.1) is 0 Å². The molecule has 4 nitrogen and oxygen atoms in total. The van der Waals surface area contributed by atoms with Crippen LogP contribution in [0.1, 0.15) is 33.6 Å². The molecule has 1 rings (SSSR count). The van der Waals surface area contributed by atoms with Crippen molar-refractivity contribution in [3.05, 3.63) is 18.5 Å². The van der Waals surface area contributed by atoms with E-state index < -0.39 is 0 Å². The first-order valence-corrected chi connectivity index (χ1v) is 7.26. The minimum Gasteiger partial charge on any atom is -0.384 e. The van der Waals surface area contributed by atoms with Gasteiger partial charge in [0.25, 0.3) is 0 Å². The Hall–Kier alpha value is -1.29. The van der Waals surface area contributed by atoms with Crippen molar-refractivity contribution in [1.82, 2.24) is 9.88 Å². The number of aromatic nitrogens is 1. The van der Waals surface area contributed by atoms with Gasteiger partial charge in [-0.05, 0) is 53.3 Å². The van der Waals surface area contributed by atoms with E-state index in [1.54, 1.807) is 0 Å². The molecular formula is C15H28N4. The van der Waals surface area contributed by atoms with Gasteiger partial charge >= 0.3 is 0 Å². The van der Waals surface area contributed by atoms with Crippen LogP contribution in [-0.4, -0.2) is 42.6 Å². The fourth-order valence-electron chi connectivity index (χ4n) is 1.81. The van der Waals surface area contributed by atoms with Gasteiger partial charge in [0, 0.05) is 19.1 Å². The lowest BCUT2D eigenvalue weighted by Gasteiger charge is -2.20. The third kappa shape index (κ3) is 6.43. The maximum Gasteiger partial charge on any atom is 0.0547 e. The van der Waals surface area contributed by atoms with Crippen LogP contribution in [0.4, 0.5) is 11.4 Å². The van der Waals surface area contributed by atoms with Gasteiger partial charge in [0.1, 0.15) is 0 Å². The number of nitrogens with one attached hydrogen (secondary N) is 2. The molecule has 1 aromatic rings. The Bertz CT molecular complexity index is 352. The van der Waals surface area contributed by atoms with Crippen molar-refractivity contribution in [2.45, 2.75) is 39.7 Å². The lowest BCUT2D eigenvalue weighted by molar-refractivity contribution is 0.269. The van der Waals surface area contributed by atoms with E-state index in [0.717, 1.165) is 31.0 Å². The first-order chi connectivity index (χ1) is 9.13. The molecule has 1 aromatic heterocycles. The van der Waals surface area contributed by atoms with Gasteiger partial charge in [-0.25, -0.2) is 0 Å². The Morgan fingerprint density at radius 1 is 1.16 bits per heavy atom. The summed E-state index contributed by atoms with van der Waals surface area (Å²) in [5.74, 6) is 0. The van der Waals surface area contributed by atoms with Crippen LogP contribution < -0.4 is 10.6 Å². The van der Waals surface area contributed by atoms with Crippen LogP contribution in [0.15, 0.2) is 18.5 Å². The normalized spacial score (nSPS) is 11.1. The van der Waals surface area contributed by atoms with Gasteiger partial charge < -0.3 is 15.5 Å². The first kappa shape index (κ1) is 15.8. The van der Waals surface area contributed by atoms with E-state index in [2.05, 4.69) is 54.4 Å². The average molecular weight is 264 g/mol. The van der Waals surface area contributed by atoms with Crippen molar-refractivity contribution >= 4 is 11.4 Å². The number of hydrogen-bond donors (Lipinski definition) is 2. The Kier molecular flexibility index (Phi) is 7.26. The smallest absolute Gasteiger partial charge is 0.0547 e. The zero-order chi connectivity index (χ0) is 14.1. The van der Waals surface area contributed by atoms with Crippen molar-refractivity contribution in [2.75, 3.05) is 37.3 Å². The summed E-state index contributed by atoms with van der Waals surface area (Å²) in [4.78, 5) is 6.60. The lowest BCUT2D eigenvalue weighted by atomic mass is 10.2. The molecule has 4 heteroatoms. The van der Waals surface area contributed by atoms with Crippen molar-refractivity contribution in [2.24, 2.45) is 0 Å². The highest BCUT2D eigenvalue weighted by Crippen LogP contribution is 2.12. The molecule has 0 radical (unpaired) electrons. The highest BCUT2D eigenvalue weighted by molar-refractivity contribution is 5.53. The number of unbranched alkanes of at least 4 members (excludes halogenated alkanes) is 1. The summed E-state index contributed by atoms with van der Waals surface area (Å²) in [6, 6.07) is 2.74. The fraction of sp³-hybridized carbons (Fsp3) is 0.667. The number of nitrogens with zero attached hydrogens (tertiary/aromatic N) is 2. The molecule has 0 saturated heterocycles. The highest BCUT2D eigenvalue weighted by Gasteiger charge is 2.01. The van der Waals surface area contributed by atoms with Gasteiger partial charge in [0.05, 0.1) is 23.8 Å². The molecule has 0 aliphatic heterocycles. The van der Waals surface area contributed by atoms with E-state index in [-0.39, 0.29) is 0 Å². The van der Waals surface area contributed by atoms with Crippen LogP contribution in [0, 0.1) is 0 Å². The molecule has 0 fully saturated rings. The summed E-state index contributed by atoms with van der Waals surface area (Å²) in [5, 5.41) is 6.69. The molecule has 1 heterocycles. The van der Waals surface area contributed by atoms with Crippen LogP contribution in [0.3, 0.4) is 0 Å². The maximum absolute atomic E-state index is 4.22. The van der Waals surface area contributed by atoms with Gasteiger partial charge in [-0.1, -0.05) is 0 Å². The Balaban J connectivity index is 2.20. The predicted molar refractivity (Wildman–Crippen MR) is 83.9 cm³/mol. The molecule has 0 aliphatic rings. The summed E-state index contributed by atoms with van der Waals surface area (Å²) in [7, 11) is 2.18. The standard InChI is InChI=1S/C15H28N4/c1-5-17-14-10-15(12-16-11-14)18-8-6-7-9-19(4)13(2)3/h10-13,17-18H,5-9H2,1-4H3. The summed E-state index contributed by atoms with van der Waals surface area (Å²) in [6.07, 6.45) is 6.14. The molecule has 0 bridgehead atoms. The second kappa shape index (κ2) is 8.75. The van der Waals surface area contributed by atoms with Crippen molar-refractivity contribution in [3.8, 4) is 0 Å². The van der Waals surface area contributed by atoms with Crippen molar-refractivity contribution in [1.29, 1.82) is 0 Å². The molecule has 108 valence electrons. The van der Waals surface area contributed by atoms with E-state index in [1.807, 2.05) is 12.4 Å². The number of anilines is 2. The molecule has 0 saturated carbocycles. The summed E-state index contributed by atoms with van der Waals surface area (Å²) >= 11 is 0. The van der Waals surface area contributed by atoms with Crippen molar-refractivity contribution in [3.63, 3.8) is 0 Å². The van der Waals surface area contributed by atoms with Crippen LogP contribution >= 0.6 is 0 Å². The third-order valence-corrected chi connectivity index (χ3v) is 3.27. The van der Waals surface area contributed by atoms with Crippen LogP contribution in [0.5, 0.6) is 0 Å². The molecule has 0 unspecified atom stereocenters. The molecule has 2 N–H and O–H groups in total. The molecule has 0 spiro atoms. The average Bonchev–Trinajstić information content (AvgIpc) is 2.39. The quantitative estimate of drug-likeness (QED) is 0.673. The van der Waals surface area contributed by atoms with E-state index in [1.165, 1.54) is 12.8 Å². The highest BCUT2D eigenvalue weighted by atomic mass is 15.1. The minimum atomic E-state index is 0.633. The molecule has 19 heavy (non-hydrogen) atoms. The number of hydrogen-bond acceptors (Lipinski definition) is 4. The first-order valence-electron chi connectivity index (χ1n) is 7.26. The molecule has 0 atom stereocenters. The van der Waals surface area contributed by atoms with Crippen LogP contribution in [0.2, 0.25) is 0 Å². The maximum atomic E-state index is 4.22. The Labute approximate surface area is 117 Å². The number of pyridine rings is 1. The van der Waals surface area contributed by atoms with E-state index in [4.69, 9.17) is 0 Å². The second-order valence-electron chi connectivity index (χ2n) is 5.20. The van der Waals surface area contributed by atoms with Gasteiger partial charge in [0.2, 0.25) is 0 Å². The van der Waals surface area contributed by atoms with Crippen molar-refractivity contribution < 1.29 is 0 Å². The van der Waals surface area contributed by atoms with E-state index in [9.17, 15) is 0 Å². The molecule has 0 amide bonds. The van der Waals surface area contributed by atoms with Crippen LogP contribution in [0.25, 0.3) is 0 Å². The number of rotatable bonds is 9. The Morgan fingerprint density at radius 2 is 1.84 bits per heavy atom. The third-order valence-electron chi connectivity index (χ3n) is 3.27. The predicted octanol–water partition coefficient (Wildman–Crippen LogP) is 3.05. The SMILES string of the molecule is CCNc1cncc(NCCCCN(C)C(C)C)c1. The largest absolute Gasteiger partial charge is 0.384 e. The zero-order valence-electron chi connectivity index (χ0n) is 12.7. The summed E-state index contributed by atoms with van der Waals surface area (Å²) < 4.78 is 0. The molecule has 0 aromatic carbocycles. The van der Waals surface area contributed by atoms with Crippen LogP contribution in [-0.2, 0) is 0 Å². The monoisotopic (exact) mass is 264 g/mol. The topological polar surface area (TPSA) is 40.2 Å². The molecular weight excluding hydrogens is 236 g/mol. The van der Waals surface area contributed by atoms with E-state index >= 15 is 0 Å². The second-order valence-corrected chi connectivity index (χ2v) is 5.20. The van der Waals surface area contributed by atoms with Gasteiger partial charge in [0.15, 0.2) is 0 Å².